The van der Waals surface area contributed by atoms with E-state index in [4.69, 9.17) is 4.43 Å². The highest BCUT2D eigenvalue weighted by Gasteiger charge is 2.38. The Kier molecular flexibility index (Phi) is 3.74. The van der Waals surface area contributed by atoms with E-state index in [0.717, 1.165) is 6.61 Å². The second-order valence-corrected chi connectivity index (χ2v) is 20.3. The van der Waals surface area contributed by atoms with Gasteiger partial charge in [0, 0.05) is 0 Å². The van der Waals surface area contributed by atoms with E-state index < -0.39 is 15.4 Å². The Morgan fingerprint density at radius 3 is 1.91 bits per heavy atom. The first-order valence-corrected chi connectivity index (χ1v) is 11.5. The summed E-state index contributed by atoms with van der Waals surface area (Å²) in [5.74, 6) is 0. The lowest BCUT2D eigenvalue weighted by molar-refractivity contribution is 0.365. The summed E-state index contributed by atoms with van der Waals surface area (Å²) in [6.45, 7) is 16.1. The molecule has 0 saturated carbocycles. The van der Waals surface area contributed by atoms with Crippen LogP contribution in [0.2, 0.25) is 32.7 Å². The van der Waals surface area contributed by atoms with Gasteiger partial charge in [0.15, 0.2) is 7.83 Å². The quantitative estimate of drug-likeness (QED) is 0.487. The second kappa shape index (κ2) is 3.69. The van der Waals surface area contributed by atoms with E-state index in [2.05, 4.69) is 39.3 Å². The van der Waals surface area contributed by atoms with Gasteiger partial charge in [-0.2, -0.15) is 0 Å². The van der Waals surface area contributed by atoms with E-state index in [-0.39, 0.29) is 0 Å². The van der Waals surface area contributed by atoms with Gasteiger partial charge in [0.05, 0.1) is 14.2 Å². The van der Waals surface area contributed by atoms with Gasteiger partial charge in [-0.3, -0.25) is 0 Å². The topological polar surface area (TPSA) is 9.23 Å². The second-order valence-electron chi connectivity index (χ2n) is 4.36. The van der Waals surface area contributed by atoms with Crippen molar-refractivity contribution >= 4 is 15.4 Å². The van der Waals surface area contributed by atoms with Crippen LogP contribution in [0.5, 0.6) is 0 Å². The van der Waals surface area contributed by atoms with Crippen molar-refractivity contribution in [3.05, 3.63) is 12.7 Å². The van der Waals surface area contributed by atoms with Crippen LogP contribution >= 0.6 is 0 Å². The molecule has 0 spiro atoms. The van der Waals surface area contributed by atoms with Crippen molar-refractivity contribution in [3.63, 3.8) is 0 Å². The average molecular weight is 188 g/mol. The van der Waals surface area contributed by atoms with Crippen LogP contribution in [-0.2, 0) is 4.43 Å². The van der Waals surface area contributed by atoms with Crippen LogP contribution in [0.3, 0.4) is 0 Å². The van der Waals surface area contributed by atoms with E-state index in [0.29, 0.717) is 0 Å². The maximum absolute atomic E-state index is 5.83. The van der Waals surface area contributed by atoms with Crippen molar-refractivity contribution in [3.8, 4) is 0 Å². The fourth-order valence-electron chi connectivity index (χ4n) is 0.484. The van der Waals surface area contributed by atoms with Gasteiger partial charge < -0.3 is 4.43 Å². The third-order valence-corrected chi connectivity index (χ3v) is 18.1. The molecule has 1 nitrogen and oxygen atoms in total. The first-order valence-electron chi connectivity index (χ1n) is 4.06. The van der Waals surface area contributed by atoms with Crippen LogP contribution in [0.15, 0.2) is 12.7 Å². The molecule has 0 aliphatic carbocycles. The highest BCUT2D eigenvalue weighted by molar-refractivity contribution is 7.37. The fraction of sp³-hybridized carbons (Fsp3) is 0.750. The van der Waals surface area contributed by atoms with E-state index in [9.17, 15) is 0 Å². The first-order chi connectivity index (χ1) is 4.81. The Balaban J connectivity index is 4.10. The normalized spacial score (nSPS) is 13.2. The Hall–Kier alpha value is 0.134. The molecule has 0 aromatic rings. The lowest BCUT2D eigenvalue weighted by atomic mass is 10.7. The van der Waals surface area contributed by atoms with Gasteiger partial charge in [-0.25, -0.2) is 0 Å². The molecule has 0 saturated heterocycles. The van der Waals surface area contributed by atoms with E-state index in [1.54, 1.807) is 0 Å². The van der Waals surface area contributed by atoms with Crippen LogP contribution in [0.25, 0.3) is 0 Å². The van der Waals surface area contributed by atoms with Gasteiger partial charge >= 0.3 is 0 Å². The monoisotopic (exact) mass is 188 g/mol. The standard InChI is InChI=1S/C8H20OSi2/c1-7-8-9-11(5,6)10(2,3)4/h7H,1,8H2,2-6H3. The number of rotatable bonds is 4. The Morgan fingerprint density at radius 2 is 1.64 bits per heavy atom. The molecule has 0 atom stereocenters. The van der Waals surface area contributed by atoms with E-state index in [1.165, 1.54) is 0 Å². The molecular weight excluding hydrogens is 168 g/mol. The SMILES string of the molecule is C=CCO[Si](C)(C)[Si](C)(C)C. The summed E-state index contributed by atoms with van der Waals surface area (Å²) in [7, 11) is -2.41. The van der Waals surface area contributed by atoms with Crippen molar-refractivity contribution < 1.29 is 4.43 Å². The molecule has 0 heterocycles. The first kappa shape index (κ1) is 11.1. The Bertz CT molecular complexity index is 136. The highest BCUT2D eigenvalue weighted by atomic mass is 29.3. The van der Waals surface area contributed by atoms with Crippen molar-refractivity contribution in [2.45, 2.75) is 32.7 Å². The molecule has 66 valence electrons. The average Bonchev–Trinajstić information content (AvgIpc) is 1.81. The summed E-state index contributed by atoms with van der Waals surface area (Å²) >= 11 is 0. The molecular formula is C8H20OSi2. The van der Waals surface area contributed by atoms with Gasteiger partial charge in [0.25, 0.3) is 0 Å². The summed E-state index contributed by atoms with van der Waals surface area (Å²) in [5.41, 5.74) is 0. The molecule has 0 amide bonds. The predicted octanol–water partition coefficient (Wildman–Crippen LogP) is 2.81. The number of hydrogen-bond donors (Lipinski definition) is 0. The molecule has 11 heavy (non-hydrogen) atoms. The Morgan fingerprint density at radius 1 is 1.18 bits per heavy atom. The van der Waals surface area contributed by atoms with Crippen molar-refractivity contribution in [1.82, 2.24) is 0 Å². The molecule has 0 radical (unpaired) electrons. The largest absolute Gasteiger partial charge is 0.416 e. The smallest absolute Gasteiger partial charge is 0.174 e. The molecule has 3 heteroatoms. The molecule has 0 N–H and O–H groups in total. The van der Waals surface area contributed by atoms with Crippen LogP contribution in [0.1, 0.15) is 0 Å². The predicted molar refractivity (Wildman–Crippen MR) is 57.0 cm³/mol. The number of hydrogen-bond acceptors (Lipinski definition) is 1. The summed E-state index contributed by atoms with van der Waals surface area (Å²) in [6, 6.07) is 0. The van der Waals surface area contributed by atoms with Gasteiger partial charge in [0.1, 0.15) is 0 Å². The molecule has 0 bridgehead atoms. The maximum atomic E-state index is 5.83. The van der Waals surface area contributed by atoms with Gasteiger partial charge in [-0.1, -0.05) is 25.7 Å². The summed E-state index contributed by atoms with van der Waals surface area (Å²) in [5, 5.41) is 0. The van der Waals surface area contributed by atoms with Crippen molar-refractivity contribution in [1.29, 1.82) is 0 Å². The minimum atomic E-state index is -1.36. The zero-order valence-electron chi connectivity index (χ0n) is 8.40. The molecule has 0 aliphatic heterocycles. The van der Waals surface area contributed by atoms with Crippen molar-refractivity contribution in [2.75, 3.05) is 6.61 Å². The summed E-state index contributed by atoms with van der Waals surface area (Å²) in [4.78, 5) is 0. The highest BCUT2D eigenvalue weighted by Crippen LogP contribution is 2.19. The lowest BCUT2D eigenvalue weighted by Crippen LogP contribution is -2.54. The maximum Gasteiger partial charge on any atom is 0.174 e. The zero-order chi connectivity index (χ0) is 9.12. The minimum absolute atomic E-state index is 0.726. The van der Waals surface area contributed by atoms with Gasteiger partial charge in [-0.15, -0.1) is 6.58 Å². The van der Waals surface area contributed by atoms with Gasteiger partial charge in [-0.05, 0) is 13.1 Å². The van der Waals surface area contributed by atoms with Crippen LogP contribution < -0.4 is 0 Å². The van der Waals surface area contributed by atoms with Gasteiger partial charge in [0.2, 0.25) is 0 Å². The van der Waals surface area contributed by atoms with Crippen LogP contribution in [-0.4, -0.2) is 22.0 Å². The molecule has 0 unspecified atom stereocenters. The zero-order valence-corrected chi connectivity index (χ0v) is 10.4. The lowest BCUT2D eigenvalue weighted by Gasteiger charge is -2.34. The minimum Gasteiger partial charge on any atom is -0.416 e. The molecule has 0 aliphatic rings. The third-order valence-electron chi connectivity index (χ3n) is 2.37. The fourth-order valence-corrected chi connectivity index (χ4v) is 3.00. The third kappa shape index (κ3) is 3.36. The molecule has 0 aromatic heterocycles. The molecule has 0 fully saturated rings. The Labute approximate surface area is 72.4 Å². The summed E-state index contributed by atoms with van der Waals surface area (Å²) < 4.78 is 5.83. The van der Waals surface area contributed by atoms with Crippen molar-refractivity contribution in [2.24, 2.45) is 0 Å². The molecule has 0 rings (SSSR count). The van der Waals surface area contributed by atoms with E-state index in [1.807, 2.05) is 6.08 Å². The summed E-state index contributed by atoms with van der Waals surface area (Å²) in [6.07, 6.45) is 1.84. The van der Waals surface area contributed by atoms with E-state index >= 15 is 0 Å². The van der Waals surface area contributed by atoms with Crippen LogP contribution in [0, 0.1) is 0 Å². The molecule has 0 aromatic carbocycles. The van der Waals surface area contributed by atoms with Crippen LogP contribution in [0.4, 0.5) is 0 Å².